The van der Waals surface area contributed by atoms with Crippen LogP contribution in [0.25, 0.3) is 12.2 Å². The quantitative estimate of drug-likeness (QED) is 0.169. The van der Waals surface area contributed by atoms with E-state index in [0.29, 0.717) is 12.1 Å². The van der Waals surface area contributed by atoms with Gasteiger partial charge in [-0.15, -0.1) is 0 Å². The molecule has 4 unspecified atom stereocenters. The maximum Gasteiger partial charge on any atom is 0.0490 e. The third-order valence-corrected chi connectivity index (χ3v) is 17.5. The highest BCUT2D eigenvalue weighted by atomic mass is 32.3. The van der Waals surface area contributed by atoms with Crippen molar-refractivity contribution in [3.05, 3.63) is 190 Å². The molecule has 268 valence electrons. The van der Waals surface area contributed by atoms with Crippen molar-refractivity contribution in [2.24, 2.45) is 0 Å². The summed E-state index contributed by atoms with van der Waals surface area (Å²) in [5, 5.41) is 0.393. The summed E-state index contributed by atoms with van der Waals surface area (Å²) in [6, 6.07) is 56.4. The van der Waals surface area contributed by atoms with Gasteiger partial charge in [-0.3, -0.25) is 0 Å². The summed E-state index contributed by atoms with van der Waals surface area (Å²) < 4.78 is 0. The maximum absolute atomic E-state index is 2.64. The Hall–Kier alpha value is -5.25. The second kappa shape index (κ2) is 13.0. The minimum atomic E-state index is -1.85. The first kappa shape index (κ1) is 33.3. The SMILES string of the molecule is CC1=Cc2c(cccc2N2c3ccccc3CCC2C)C1S(c1ccccc1)(c1ccccc1)C1C(C)=Cc2c1cccc2N1c2ccccc2CC1C. The van der Waals surface area contributed by atoms with Crippen LogP contribution in [0.3, 0.4) is 0 Å². The van der Waals surface area contributed by atoms with Crippen LogP contribution in [0, 0.1) is 0 Å². The van der Waals surface area contributed by atoms with Crippen molar-refractivity contribution in [2.45, 2.75) is 79.3 Å². The molecular weight excluding hydrogens is 673 g/mol. The van der Waals surface area contributed by atoms with Crippen LogP contribution in [0.1, 0.15) is 78.0 Å². The zero-order chi connectivity index (χ0) is 36.6. The van der Waals surface area contributed by atoms with Gasteiger partial charge in [-0.25, -0.2) is 0 Å². The average Bonchev–Trinajstić information content (AvgIpc) is 3.85. The largest absolute Gasteiger partial charge is 0.338 e. The van der Waals surface area contributed by atoms with Crippen molar-refractivity contribution in [1.29, 1.82) is 0 Å². The average molecular weight is 721 g/mol. The monoisotopic (exact) mass is 720 g/mol. The lowest BCUT2D eigenvalue weighted by Gasteiger charge is -2.52. The molecule has 6 aromatic rings. The summed E-state index contributed by atoms with van der Waals surface area (Å²) in [5.74, 6) is 0. The van der Waals surface area contributed by atoms with Crippen LogP contribution in [0.4, 0.5) is 22.7 Å². The van der Waals surface area contributed by atoms with E-state index in [0.717, 1.165) is 19.3 Å². The highest BCUT2D eigenvalue weighted by molar-refractivity contribution is 8.34. The van der Waals surface area contributed by atoms with Crippen molar-refractivity contribution in [3.8, 4) is 0 Å². The molecule has 2 nitrogen and oxygen atoms in total. The van der Waals surface area contributed by atoms with E-state index in [4.69, 9.17) is 0 Å². The predicted octanol–water partition coefficient (Wildman–Crippen LogP) is 13.8. The highest BCUT2D eigenvalue weighted by Crippen LogP contribution is 2.84. The van der Waals surface area contributed by atoms with Gasteiger partial charge >= 0.3 is 0 Å². The van der Waals surface area contributed by atoms with E-state index < -0.39 is 10.0 Å². The Morgan fingerprint density at radius 2 is 0.907 bits per heavy atom. The van der Waals surface area contributed by atoms with Gasteiger partial charge in [0.05, 0.1) is 0 Å². The Labute approximate surface area is 322 Å². The lowest BCUT2D eigenvalue weighted by atomic mass is 9.94. The summed E-state index contributed by atoms with van der Waals surface area (Å²) in [5.41, 5.74) is 16.9. The Kier molecular flexibility index (Phi) is 8.00. The number of para-hydroxylation sites is 2. The zero-order valence-corrected chi connectivity index (χ0v) is 32.6. The fraction of sp³-hybridized carbons (Fsp3) is 0.216. The van der Waals surface area contributed by atoms with Crippen LogP contribution in [-0.2, 0) is 12.8 Å². The molecule has 54 heavy (non-hydrogen) atoms. The van der Waals surface area contributed by atoms with Crippen LogP contribution in [0.5, 0.6) is 0 Å². The molecule has 0 aromatic heterocycles. The molecule has 0 fully saturated rings. The second-order valence-electron chi connectivity index (χ2n) is 15.9. The Morgan fingerprint density at radius 3 is 1.46 bits per heavy atom. The molecule has 0 radical (unpaired) electrons. The summed E-state index contributed by atoms with van der Waals surface area (Å²) in [6.45, 7) is 9.63. The number of hydrogen-bond donors (Lipinski definition) is 0. The van der Waals surface area contributed by atoms with Crippen LogP contribution in [-0.4, -0.2) is 12.1 Å². The lowest BCUT2D eigenvalue weighted by Crippen LogP contribution is -2.33. The van der Waals surface area contributed by atoms with Gasteiger partial charge < -0.3 is 9.80 Å². The van der Waals surface area contributed by atoms with Gasteiger partial charge in [0, 0.05) is 56.5 Å². The van der Waals surface area contributed by atoms with Crippen molar-refractivity contribution in [3.63, 3.8) is 0 Å². The standard InChI is InChI=1S/C51H48N2S/c1-34-31-44-42(23-15-27-48(44)52-36(3)29-30-38-17-11-13-25-46(38)52)50(34)54(40-19-7-5-8-20-40,41-21-9-6-10-22-41)51-35(2)32-45-43(51)24-16-28-49(45)53-37(4)33-39-18-12-14-26-47(39)53/h5-28,31-32,36-37,50-51H,29-30,33H2,1-4H3. The molecule has 6 aromatic carbocycles. The topological polar surface area (TPSA) is 6.48 Å². The number of anilines is 4. The second-order valence-corrected chi connectivity index (χ2v) is 19.2. The molecule has 2 aliphatic carbocycles. The normalized spacial score (nSPS) is 21.6. The van der Waals surface area contributed by atoms with E-state index in [1.54, 1.807) is 0 Å². The van der Waals surface area contributed by atoms with E-state index in [1.807, 2.05) is 0 Å². The Bertz CT molecular complexity index is 2420. The lowest BCUT2D eigenvalue weighted by molar-refractivity contribution is 0.618. The summed E-state index contributed by atoms with van der Waals surface area (Å²) in [6.07, 6.45) is 8.46. The molecule has 0 spiro atoms. The highest BCUT2D eigenvalue weighted by Gasteiger charge is 2.51. The molecule has 0 N–H and O–H groups in total. The van der Waals surface area contributed by atoms with Crippen molar-refractivity contribution >= 4 is 44.9 Å². The smallest absolute Gasteiger partial charge is 0.0490 e. The van der Waals surface area contributed by atoms with Crippen LogP contribution >= 0.6 is 10.0 Å². The van der Waals surface area contributed by atoms with Gasteiger partial charge in [-0.05, 0) is 128 Å². The molecule has 0 amide bonds. The van der Waals surface area contributed by atoms with Crippen LogP contribution in [0.2, 0.25) is 0 Å². The van der Waals surface area contributed by atoms with Gasteiger partial charge in [0.2, 0.25) is 0 Å². The predicted molar refractivity (Wildman–Crippen MR) is 231 cm³/mol. The fourth-order valence-electron chi connectivity index (χ4n) is 10.5. The molecule has 0 bridgehead atoms. The van der Waals surface area contributed by atoms with E-state index >= 15 is 0 Å². The first-order valence-electron chi connectivity index (χ1n) is 19.7. The van der Waals surface area contributed by atoms with E-state index in [1.165, 1.54) is 77.1 Å². The number of fused-ring (bicyclic) bond motifs is 4. The van der Waals surface area contributed by atoms with E-state index in [-0.39, 0.29) is 10.5 Å². The molecule has 0 saturated carbocycles. The third-order valence-electron chi connectivity index (χ3n) is 12.6. The number of benzene rings is 6. The zero-order valence-electron chi connectivity index (χ0n) is 31.7. The molecule has 3 heteroatoms. The summed E-state index contributed by atoms with van der Waals surface area (Å²) >= 11 is 0. The van der Waals surface area contributed by atoms with Gasteiger partial charge in [-0.2, -0.15) is 10.0 Å². The number of nitrogens with zero attached hydrogens (tertiary/aromatic N) is 2. The Balaban J connectivity index is 1.22. The minimum Gasteiger partial charge on any atom is -0.338 e. The molecule has 4 aliphatic rings. The van der Waals surface area contributed by atoms with Gasteiger partial charge in [0.15, 0.2) is 0 Å². The molecule has 4 atom stereocenters. The Morgan fingerprint density at radius 1 is 0.463 bits per heavy atom. The number of hydrogen-bond acceptors (Lipinski definition) is 2. The van der Waals surface area contributed by atoms with Crippen molar-refractivity contribution in [1.82, 2.24) is 0 Å². The van der Waals surface area contributed by atoms with Gasteiger partial charge in [-0.1, -0.05) is 120 Å². The fourth-order valence-corrected chi connectivity index (χ4v) is 15.9. The molecular formula is C51H48N2S. The third kappa shape index (κ3) is 4.87. The van der Waals surface area contributed by atoms with Crippen LogP contribution < -0.4 is 9.80 Å². The number of aryl methyl sites for hydroxylation is 1. The summed E-state index contributed by atoms with van der Waals surface area (Å²) in [4.78, 5) is 8.14. The van der Waals surface area contributed by atoms with Gasteiger partial charge in [0.25, 0.3) is 0 Å². The van der Waals surface area contributed by atoms with Crippen molar-refractivity contribution < 1.29 is 0 Å². The maximum atomic E-state index is 2.64. The van der Waals surface area contributed by atoms with E-state index in [2.05, 4.69) is 195 Å². The van der Waals surface area contributed by atoms with Gasteiger partial charge in [0.1, 0.15) is 0 Å². The molecule has 0 saturated heterocycles. The van der Waals surface area contributed by atoms with E-state index in [9.17, 15) is 0 Å². The number of rotatable bonds is 6. The first-order chi connectivity index (χ1) is 26.5. The van der Waals surface area contributed by atoms with Crippen LogP contribution in [0.15, 0.2) is 167 Å². The minimum absolute atomic E-state index is 0.196. The first-order valence-corrected chi connectivity index (χ1v) is 21.5. The van der Waals surface area contributed by atoms with Crippen molar-refractivity contribution in [2.75, 3.05) is 9.80 Å². The molecule has 2 aliphatic heterocycles. The molecule has 2 heterocycles. The molecule has 10 rings (SSSR count). The summed E-state index contributed by atoms with van der Waals surface area (Å²) in [7, 11) is -1.85.